The number of nitrogens with one attached hydrogen (secondary N) is 1. The molecule has 7 heteroatoms. The van der Waals surface area contributed by atoms with Crippen LogP contribution in [0.1, 0.15) is 58.8 Å². The number of carbonyl (C=O) groups is 1. The SMILES string of the molecule is Cc1ccc(C2OCCC23CC=C(NC(=O)c2cccnc2)CC3)cc1C(F)(F)F. The Morgan fingerprint density at radius 1 is 1.27 bits per heavy atom. The van der Waals surface area contributed by atoms with Gasteiger partial charge in [0.15, 0.2) is 0 Å². The number of pyridine rings is 1. The van der Waals surface area contributed by atoms with Gasteiger partial charge in [-0.2, -0.15) is 13.2 Å². The minimum atomic E-state index is -4.39. The normalized spacial score (nSPS) is 24.0. The Kier molecular flexibility index (Phi) is 5.40. The van der Waals surface area contributed by atoms with Gasteiger partial charge < -0.3 is 10.1 Å². The van der Waals surface area contributed by atoms with Crippen molar-refractivity contribution in [3.8, 4) is 0 Å². The maximum Gasteiger partial charge on any atom is 0.416 e. The number of benzene rings is 1. The van der Waals surface area contributed by atoms with E-state index in [4.69, 9.17) is 4.74 Å². The summed E-state index contributed by atoms with van der Waals surface area (Å²) in [7, 11) is 0. The number of allylic oxidation sites excluding steroid dienone is 2. The van der Waals surface area contributed by atoms with Crippen LogP contribution < -0.4 is 5.32 Å². The van der Waals surface area contributed by atoms with Crippen molar-refractivity contribution >= 4 is 5.91 Å². The molecule has 1 spiro atoms. The van der Waals surface area contributed by atoms with Gasteiger partial charge >= 0.3 is 6.18 Å². The van der Waals surface area contributed by atoms with Crippen LogP contribution in [-0.4, -0.2) is 17.5 Å². The molecule has 0 radical (unpaired) electrons. The number of nitrogens with zero attached hydrogens (tertiary/aromatic N) is 1. The predicted octanol–water partition coefficient (Wildman–Crippen LogP) is 5.35. The molecule has 158 valence electrons. The van der Waals surface area contributed by atoms with Crippen LogP contribution in [0.3, 0.4) is 0 Å². The summed E-state index contributed by atoms with van der Waals surface area (Å²) in [6.45, 7) is 1.99. The minimum absolute atomic E-state index is 0.210. The standard InChI is InChI=1S/C23H23F3N2O2/c1-15-4-5-16(13-19(15)23(24,25)26)20-22(10-12-30-20)8-6-18(7-9-22)28-21(29)17-3-2-11-27-14-17/h2-6,11,13-14,20H,7-10,12H2,1H3,(H,28,29). The van der Waals surface area contributed by atoms with E-state index in [2.05, 4.69) is 10.3 Å². The van der Waals surface area contributed by atoms with Crippen molar-refractivity contribution in [1.29, 1.82) is 0 Å². The molecule has 1 saturated heterocycles. The van der Waals surface area contributed by atoms with Crippen molar-refractivity contribution in [2.24, 2.45) is 5.41 Å². The fourth-order valence-electron chi connectivity index (χ4n) is 4.45. The quantitative estimate of drug-likeness (QED) is 0.733. The van der Waals surface area contributed by atoms with E-state index >= 15 is 0 Å². The number of hydrogen-bond acceptors (Lipinski definition) is 3. The van der Waals surface area contributed by atoms with Crippen LogP contribution in [-0.2, 0) is 10.9 Å². The summed E-state index contributed by atoms with van der Waals surface area (Å²) < 4.78 is 46.0. The first kappa shape index (κ1) is 20.6. The van der Waals surface area contributed by atoms with Gasteiger partial charge in [-0.05, 0) is 61.9 Å². The minimum Gasteiger partial charge on any atom is -0.373 e. The highest BCUT2D eigenvalue weighted by atomic mass is 19.4. The van der Waals surface area contributed by atoms with Crippen molar-refractivity contribution in [3.63, 3.8) is 0 Å². The van der Waals surface area contributed by atoms with Crippen LogP contribution in [0.5, 0.6) is 0 Å². The number of aryl methyl sites for hydroxylation is 1. The zero-order chi connectivity index (χ0) is 21.4. The fraction of sp³-hybridized carbons (Fsp3) is 0.391. The van der Waals surface area contributed by atoms with Crippen LogP contribution >= 0.6 is 0 Å². The van der Waals surface area contributed by atoms with Gasteiger partial charge in [0.2, 0.25) is 0 Å². The van der Waals surface area contributed by atoms with Crippen molar-refractivity contribution in [2.45, 2.75) is 44.9 Å². The number of hydrogen-bond donors (Lipinski definition) is 1. The van der Waals surface area contributed by atoms with Crippen LogP contribution in [0.25, 0.3) is 0 Å². The third kappa shape index (κ3) is 3.99. The molecular formula is C23H23F3N2O2. The van der Waals surface area contributed by atoms with Gasteiger partial charge in [0.1, 0.15) is 0 Å². The highest BCUT2D eigenvalue weighted by Gasteiger charge is 2.46. The number of carbonyl (C=O) groups excluding carboxylic acids is 1. The van der Waals surface area contributed by atoms with Crippen LogP contribution in [0.4, 0.5) is 13.2 Å². The molecule has 1 fully saturated rings. The molecule has 2 aliphatic rings. The Hall–Kier alpha value is -2.67. The van der Waals surface area contributed by atoms with E-state index in [0.29, 0.717) is 30.6 Å². The third-order valence-electron chi connectivity index (χ3n) is 6.16. The lowest BCUT2D eigenvalue weighted by Gasteiger charge is -2.37. The topological polar surface area (TPSA) is 51.2 Å². The molecule has 1 aliphatic heterocycles. The van der Waals surface area contributed by atoms with Crippen molar-refractivity contribution in [3.05, 3.63) is 76.8 Å². The second-order valence-electron chi connectivity index (χ2n) is 8.06. The molecule has 0 bridgehead atoms. The zero-order valence-electron chi connectivity index (χ0n) is 16.6. The Morgan fingerprint density at radius 2 is 2.10 bits per heavy atom. The first-order valence-corrected chi connectivity index (χ1v) is 9.98. The number of rotatable bonds is 3. The second-order valence-corrected chi connectivity index (χ2v) is 8.06. The number of amides is 1. The highest BCUT2D eigenvalue weighted by Crippen LogP contribution is 2.54. The monoisotopic (exact) mass is 416 g/mol. The molecular weight excluding hydrogens is 393 g/mol. The first-order chi connectivity index (χ1) is 14.3. The molecule has 1 aliphatic carbocycles. The maximum absolute atomic E-state index is 13.4. The summed E-state index contributed by atoms with van der Waals surface area (Å²) >= 11 is 0. The Labute approximate surface area is 173 Å². The van der Waals surface area contributed by atoms with E-state index in [-0.39, 0.29) is 23.0 Å². The summed E-state index contributed by atoms with van der Waals surface area (Å²) in [5.74, 6) is -0.210. The molecule has 30 heavy (non-hydrogen) atoms. The average Bonchev–Trinajstić information content (AvgIpc) is 3.13. The van der Waals surface area contributed by atoms with Crippen LogP contribution in [0.15, 0.2) is 54.5 Å². The summed E-state index contributed by atoms with van der Waals surface area (Å²) in [4.78, 5) is 16.3. The molecule has 1 aromatic heterocycles. The number of halogens is 3. The Balaban J connectivity index is 1.52. The molecule has 1 amide bonds. The van der Waals surface area contributed by atoms with Crippen LogP contribution in [0, 0.1) is 12.3 Å². The van der Waals surface area contributed by atoms with Gasteiger partial charge in [-0.1, -0.05) is 18.2 Å². The van der Waals surface area contributed by atoms with Gasteiger partial charge in [0.25, 0.3) is 5.91 Å². The predicted molar refractivity (Wildman–Crippen MR) is 106 cm³/mol. The molecule has 2 aromatic rings. The average molecular weight is 416 g/mol. The maximum atomic E-state index is 13.4. The Morgan fingerprint density at radius 3 is 2.77 bits per heavy atom. The molecule has 1 N–H and O–H groups in total. The smallest absolute Gasteiger partial charge is 0.373 e. The van der Waals surface area contributed by atoms with Crippen LogP contribution in [0.2, 0.25) is 0 Å². The summed E-state index contributed by atoms with van der Waals surface area (Å²) in [6, 6.07) is 7.90. The van der Waals surface area contributed by atoms with Gasteiger partial charge in [-0.25, -0.2) is 0 Å². The number of ether oxygens (including phenoxy) is 1. The van der Waals surface area contributed by atoms with E-state index in [0.717, 1.165) is 18.5 Å². The van der Waals surface area contributed by atoms with E-state index < -0.39 is 11.7 Å². The first-order valence-electron chi connectivity index (χ1n) is 9.98. The summed E-state index contributed by atoms with van der Waals surface area (Å²) in [5.41, 5.74) is 1.24. The molecule has 4 nitrogen and oxygen atoms in total. The number of alkyl halides is 3. The van der Waals surface area contributed by atoms with E-state index in [1.165, 1.54) is 25.3 Å². The van der Waals surface area contributed by atoms with Gasteiger partial charge in [-0.15, -0.1) is 0 Å². The Bertz CT molecular complexity index is 972. The van der Waals surface area contributed by atoms with Gasteiger partial charge in [0.05, 0.1) is 17.2 Å². The van der Waals surface area contributed by atoms with E-state index in [1.807, 2.05) is 6.08 Å². The lowest BCUT2D eigenvalue weighted by molar-refractivity contribution is -0.138. The lowest BCUT2D eigenvalue weighted by Crippen LogP contribution is -2.31. The molecule has 4 rings (SSSR count). The molecule has 2 heterocycles. The highest BCUT2D eigenvalue weighted by molar-refractivity contribution is 5.94. The largest absolute Gasteiger partial charge is 0.416 e. The lowest BCUT2D eigenvalue weighted by atomic mass is 9.69. The molecule has 1 aromatic carbocycles. The van der Waals surface area contributed by atoms with Crippen molar-refractivity contribution in [1.82, 2.24) is 10.3 Å². The summed E-state index contributed by atoms with van der Waals surface area (Å²) in [5, 5.41) is 2.93. The second kappa shape index (κ2) is 7.87. The van der Waals surface area contributed by atoms with E-state index in [1.54, 1.807) is 24.4 Å². The third-order valence-corrected chi connectivity index (χ3v) is 6.16. The fourth-order valence-corrected chi connectivity index (χ4v) is 4.45. The zero-order valence-corrected chi connectivity index (χ0v) is 16.6. The molecule has 2 atom stereocenters. The van der Waals surface area contributed by atoms with Crippen molar-refractivity contribution in [2.75, 3.05) is 6.61 Å². The molecule has 2 unspecified atom stereocenters. The van der Waals surface area contributed by atoms with Gasteiger partial charge in [-0.3, -0.25) is 9.78 Å². The van der Waals surface area contributed by atoms with Gasteiger partial charge in [0, 0.05) is 30.1 Å². The van der Waals surface area contributed by atoms with Crippen molar-refractivity contribution < 1.29 is 22.7 Å². The summed E-state index contributed by atoms with van der Waals surface area (Å²) in [6.07, 6.45) is 3.15. The van der Waals surface area contributed by atoms with E-state index in [9.17, 15) is 18.0 Å². The number of aromatic nitrogens is 1. The molecule has 0 saturated carbocycles.